The number of amides is 1. The molecule has 150 valence electrons. The number of fused-ring (bicyclic) bond motifs is 2. The summed E-state index contributed by atoms with van der Waals surface area (Å²) in [4.78, 5) is 15.1. The van der Waals surface area contributed by atoms with Gasteiger partial charge in [-0.25, -0.2) is 0 Å². The zero-order chi connectivity index (χ0) is 19.8. The van der Waals surface area contributed by atoms with E-state index in [0.717, 1.165) is 30.7 Å². The second kappa shape index (κ2) is 7.31. The molecule has 7 heteroatoms. The summed E-state index contributed by atoms with van der Waals surface area (Å²) in [6.07, 6.45) is 4.11. The average Bonchev–Trinajstić information content (AvgIpc) is 3.48. The van der Waals surface area contributed by atoms with Crippen LogP contribution >= 0.6 is 0 Å². The van der Waals surface area contributed by atoms with Crippen molar-refractivity contribution >= 4 is 5.91 Å². The third-order valence-corrected chi connectivity index (χ3v) is 5.56. The van der Waals surface area contributed by atoms with Crippen LogP contribution in [0.1, 0.15) is 29.1 Å². The average molecular weight is 393 g/mol. The molecule has 3 aromatic rings. The summed E-state index contributed by atoms with van der Waals surface area (Å²) in [6, 6.07) is 11.1. The Labute approximate surface area is 168 Å². The van der Waals surface area contributed by atoms with Crippen molar-refractivity contribution in [2.75, 3.05) is 6.61 Å². The predicted molar refractivity (Wildman–Crippen MR) is 105 cm³/mol. The molecule has 0 saturated carbocycles. The van der Waals surface area contributed by atoms with E-state index in [1.165, 1.54) is 11.3 Å². The summed E-state index contributed by atoms with van der Waals surface area (Å²) in [5.41, 5.74) is 3.50. The van der Waals surface area contributed by atoms with Gasteiger partial charge in [0.2, 0.25) is 6.10 Å². The maximum atomic E-state index is 13.4. The van der Waals surface area contributed by atoms with E-state index in [4.69, 9.17) is 13.9 Å². The molecule has 1 amide bonds. The van der Waals surface area contributed by atoms with Gasteiger partial charge in [0.05, 0.1) is 25.0 Å². The van der Waals surface area contributed by atoms with Crippen molar-refractivity contribution < 1.29 is 18.7 Å². The molecule has 1 aliphatic carbocycles. The number of ether oxygens (including phenoxy) is 2. The SMILES string of the molecule is Cn1nc(CN(Cc2ccco2)C(=O)C2COc3ccccc3O2)c2c1CCC2. The van der Waals surface area contributed by atoms with Crippen molar-refractivity contribution in [2.24, 2.45) is 7.05 Å². The maximum Gasteiger partial charge on any atom is 0.268 e. The highest BCUT2D eigenvalue weighted by Crippen LogP contribution is 2.32. The van der Waals surface area contributed by atoms with Gasteiger partial charge in [-0.1, -0.05) is 12.1 Å². The fraction of sp³-hybridized carbons (Fsp3) is 0.364. The van der Waals surface area contributed by atoms with Crippen LogP contribution in [-0.2, 0) is 37.8 Å². The molecule has 3 heterocycles. The minimum absolute atomic E-state index is 0.131. The molecule has 5 rings (SSSR count). The second-order valence-corrected chi connectivity index (χ2v) is 7.49. The molecule has 1 aliphatic heterocycles. The van der Waals surface area contributed by atoms with Gasteiger partial charge >= 0.3 is 0 Å². The van der Waals surface area contributed by atoms with E-state index >= 15 is 0 Å². The first-order valence-corrected chi connectivity index (χ1v) is 9.92. The third-order valence-electron chi connectivity index (χ3n) is 5.56. The van der Waals surface area contributed by atoms with Crippen molar-refractivity contribution in [3.63, 3.8) is 0 Å². The molecule has 1 unspecified atom stereocenters. The maximum absolute atomic E-state index is 13.4. The van der Waals surface area contributed by atoms with E-state index < -0.39 is 6.10 Å². The molecular weight excluding hydrogens is 370 g/mol. The van der Waals surface area contributed by atoms with Crippen LogP contribution in [0.3, 0.4) is 0 Å². The lowest BCUT2D eigenvalue weighted by Crippen LogP contribution is -2.46. The zero-order valence-electron chi connectivity index (χ0n) is 16.3. The number of carbonyl (C=O) groups excluding carboxylic acids is 1. The van der Waals surface area contributed by atoms with Crippen LogP contribution in [-0.4, -0.2) is 33.3 Å². The largest absolute Gasteiger partial charge is 0.485 e. The van der Waals surface area contributed by atoms with Gasteiger partial charge in [0, 0.05) is 12.7 Å². The van der Waals surface area contributed by atoms with Crippen molar-refractivity contribution in [2.45, 2.75) is 38.5 Å². The Kier molecular flexibility index (Phi) is 4.50. The summed E-state index contributed by atoms with van der Waals surface area (Å²) >= 11 is 0. The number of para-hydroxylation sites is 2. The standard InChI is InChI=1S/C22H23N3O4/c1-24-18-8-4-7-16(18)17(23-24)13-25(12-15-6-5-11-27-15)22(26)21-14-28-19-9-2-3-10-20(19)29-21/h2-3,5-6,9-11,21H,4,7-8,12-14H2,1H3. The van der Waals surface area contributed by atoms with E-state index in [1.807, 2.05) is 48.1 Å². The van der Waals surface area contributed by atoms with Gasteiger partial charge in [-0.15, -0.1) is 0 Å². The number of hydrogen-bond donors (Lipinski definition) is 0. The van der Waals surface area contributed by atoms with Crippen molar-refractivity contribution in [1.29, 1.82) is 0 Å². The van der Waals surface area contributed by atoms with Gasteiger partial charge < -0.3 is 18.8 Å². The number of hydrogen-bond acceptors (Lipinski definition) is 5. The smallest absolute Gasteiger partial charge is 0.268 e. The van der Waals surface area contributed by atoms with Crippen LogP contribution in [0.5, 0.6) is 11.5 Å². The molecule has 2 aliphatic rings. The summed E-state index contributed by atoms with van der Waals surface area (Å²) in [7, 11) is 1.97. The van der Waals surface area contributed by atoms with E-state index in [1.54, 1.807) is 11.2 Å². The van der Waals surface area contributed by atoms with Crippen LogP contribution < -0.4 is 9.47 Å². The number of carbonyl (C=O) groups is 1. The number of rotatable bonds is 5. The van der Waals surface area contributed by atoms with Gasteiger partial charge in [0.1, 0.15) is 12.4 Å². The first kappa shape index (κ1) is 17.8. The first-order chi connectivity index (χ1) is 14.2. The monoisotopic (exact) mass is 393 g/mol. The molecule has 0 fully saturated rings. The molecule has 0 N–H and O–H groups in total. The summed E-state index contributed by atoms with van der Waals surface area (Å²) in [6.45, 7) is 0.966. The van der Waals surface area contributed by atoms with E-state index in [-0.39, 0.29) is 12.5 Å². The van der Waals surface area contributed by atoms with Crippen LogP contribution in [0.2, 0.25) is 0 Å². The molecule has 0 saturated heterocycles. The number of furan rings is 1. The van der Waals surface area contributed by atoms with Crippen LogP contribution in [0.15, 0.2) is 47.1 Å². The number of aryl methyl sites for hydroxylation is 1. The Morgan fingerprint density at radius 1 is 1.17 bits per heavy atom. The third kappa shape index (κ3) is 3.37. The normalized spacial score (nSPS) is 17.2. The molecule has 2 aromatic heterocycles. The summed E-state index contributed by atoms with van der Waals surface area (Å²) in [5.74, 6) is 1.85. The molecule has 7 nitrogen and oxygen atoms in total. The minimum Gasteiger partial charge on any atom is -0.485 e. The quantitative estimate of drug-likeness (QED) is 0.667. The van der Waals surface area contributed by atoms with Crippen molar-refractivity contribution in [3.05, 3.63) is 65.4 Å². The number of benzene rings is 1. The van der Waals surface area contributed by atoms with Gasteiger partial charge in [0.25, 0.3) is 5.91 Å². The van der Waals surface area contributed by atoms with Crippen LogP contribution in [0, 0.1) is 0 Å². The molecule has 0 spiro atoms. The number of nitrogens with zero attached hydrogens (tertiary/aromatic N) is 3. The highest BCUT2D eigenvalue weighted by atomic mass is 16.6. The van der Waals surface area contributed by atoms with Crippen LogP contribution in [0.4, 0.5) is 0 Å². The van der Waals surface area contributed by atoms with Crippen LogP contribution in [0.25, 0.3) is 0 Å². The highest BCUT2D eigenvalue weighted by molar-refractivity contribution is 5.82. The molecule has 0 bridgehead atoms. The molecule has 1 aromatic carbocycles. The van der Waals surface area contributed by atoms with E-state index in [0.29, 0.717) is 24.6 Å². The lowest BCUT2D eigenvalue weighted by molar-refractivity contribution is -0.142. The molecular formula is C22H23N3O4. The van der Waals surface area contributed by atoms with Gasteiger partial charge in [-0.05, 0) is 49.1 Å². The van der Waals surface area contributed by atoms with E-state index in [2.05, 4.69) is 5.10 Å². The topological polar surface area (TPSA) is 69.7 Å². The Hall–Kier alpha value is -3.22. The van der Waals surface area contributed by atoms with Gasteiger partial charge in [0.15, 0.2) is 11.5 Å². The summed E-state index contributed by atoms with van der Waals surface area (Å²) < 4.78 is 19.2. The van der Waals surface area contributed by atoms with Crippen molar-refractivity contribution in [1.82, 2.24) is 14.7 Å². The molecule has 29 heavy (non-hydrogen) atoms. The predicted octanol–water partition coefficient (Wildman–Crippen LogP) is 2.87. The zero-order valence-corrected chi connectivity index (χ0v) is 16.3. The fourth-order valence-corrected chi connectivity index (χ4v) is 4.15. The minimum atomic E-state index is -0.698. The second-order valence-electron chi connectivity index (χ2n) is 7.49. The summed E-state index contributed by atoms with van der Waals surface area (Å²) in [5, 5.41) is 4.68. The highest BCUT2D eigenvalue weighted by Gasteiger charge is 2.33. The fourth-order valence-electron chi connectivity index (χ4n) is 4.15. The lowest BCUT2D eigenvalue weighted by Gasteiger charge is -2.30. The Morgan fingerprint density at radius 2 is 2.03 bits per heavy atom. The lowest BCUT2D eigenvalue weighted by atomic mass is 10.1. The first-order valence-electron chi connectivity index (χ1n) is 9.92. The van der Waals surface area contributed by atoms with E-state index in [9.17, 15) is 4.79 Å². The van der Waals surface area contributed by atoms with Crippen molar-refractivity contribution in [3.8, 4) is 11.5 Å². The molecule has 0 radical (unpaired) electrons. The van der Waals surface area contributed by atoms with Gasteiger partial charge in [-0.2, -0.15) is 5.10 Å². The number of aromatic nitrogens is 2. The Bertz CT molecular complexity index is 1020. The molecule has 1 atom stereocenters. The van der Waals surface area contributed by atoms with Gasteiger partial charge in [-0.3, -0.25) is 9.48 Å². The Balaban J connectivity index is 1.40. The Morgan fingerprint density at radius 3 is 2.86 bits per heavy atom.